The zero-order valence-corrected chi connectivity index (χ0v) is 15.0. The first-order valence-corrected chi connectivity index (χ1v) is 9.91. The van der Waals surface area contributed by atoms with Gasteiger partial charge in [0.2, 0.25) is 0 Å². The van der Waals surface area contributed by atoms with Crippen LogP contribution in [-0.4, -0.2) is 0 Å². The van der Waals surface area contributed by atoms with Crippen LogP contribution in [0.1, 0.15) is 62.1 Å². The van der Waals surface area contributed by atoms with Gasteiger partial charge in [-0.1, -0.05) is 56.3 Å². The van der Waals surface area contributed by atoms with Crippen molar-refractivity contribution in [2.24, 2.45) is 17.3 Å². The summed E-state index contributed by atoms with van der Waals surface area (Å²) in [4.78, 5) is 0. The Hall–Kier alpha value is -1.56. The molecule has 0 heteroatoms. The van der Waals surface area contributed by atoms with Crippen molar-refractivity contribution >= 4 is 10.8 Å². The van der Waals surface area contributed by atoms with Crippen LogP contribution < -0.4 is 0 Å². The lowest BCUT2D eigenvalue weighted by Gasteiger charge is -2.40. The standard InChI is InChI=1S/C24H28/c1-3-16(2)18-5-6-19-12-20-8-9-24(14-17-4-7-23(24)10-17)15-22(20)13-21(19)11-18/h4-7,11-13,16-17,23H,3,8-10,14-15H2,1-2H3. The van der Waals surface area contributed by atoms with E-state index in [0.717, 1.165) is 11.8 Å². The van der Waals surface area contributed by atoms with Gasteiger partial charge in [0.1, 0.15) is 0 Å². The molecule has 0 radical (unpaired) electrons. The highest BCUT2D eigenvalue weighted by molar-refractivity contribution is 5.85. The molecule has 5 rings (SSSR count). The molecule has 4 atom stereocenters. The minimum absolute atomic E-state index is 0.592. The van der Waals surface area contributed by atoms with Crippen molar-refractivity contribution in [1.29, 1.82) is 0 Å². The van der Waals surface area contributed by atoms with Crippen LogP contribution in [0, 0.1) is 17.3 Å². The molecule has 1 fully saturated rings. The van der Waals surface area contributed by atoms with E-state index in [1.54, 1.807) is 11.1 Å². The Morgan fingerprint density at radius 2 is 1.96 bits per heavy atom. The second kappa shape index (κ2) is 5.22. The van der Waals surface area contributed by atoms with Gasteiger partial charge in [0.15, 0.2) is 0 Å². The van der Waals surface area contributed by atoms with Crippen molar-refractivity contribution in [3.8, 4) is 0 Å². The molecule has 3 aliphatic rings. The second-order valence-electron chi connectivity index (χ2n) is 8.77. The summed E-state index contributed by atoms with van der Waals surface area (Å²) in [7, 11) is 0. The van der Waals surface area contributed by atoms with E-state index in [1.165, 1.54) is 54.9 Å². The first-order valence-electron chi connectivity index (χ1n) is 9.91. The van der Waals surface area contributed by atoms with Gasteiger partial charge in [0, 0.05) is 0 Å². The third-order valence-electron chi connectivity index (χ3n) is 7.43. The van der Waals surface area contributed by atoms with E-state index in [2.05, 4.69) is 56.3 Å². The van der Waals surface area contributed by atoms with Gasteiger partial charge in [-0.05, 0) is 89.2 Å². The molecule has 2 aromatic rings. The summed E-state index contributed by atoms with van der Waals surface area (Å²) in [6.45, 7) is 4.63. The molecule has 0 N–H and O–H groups in total. The quantitative estimate of drug-likeness (QED) is 0.560. The molecule has 1 spiro atoms. The highest BCUT2D eigenvalue weighted by Crippen LogP contribution is 2.57. The lowest BCUT2D eigenvalue weighted by Crippen LogP contribution is -2.32. The van der Waals surface area contributed by atoms with Gasteiger partial charge in [-0.15, -0.1) is 0 Å². The molecule has 0 aromatic heterocycles. The summed E-state index contributed by atoms with van der Waals surface area (Å²) in [6.07, 6.45) is 13.1. The lowest BCUT2D eigenvalue weighted by atomic mass is 9.64. The predicted octanol–water partition coefficient (Wildman–Crippen LogP) is 6.42. The van der Waals surface area contributed by atoms with Crippen LogP contribution in [0.4, 0.5) is 0 Å². The van der Waals surface area contributed by atoms with Gasteiger partial charge in [-0.3, -0.25) is 0 Å². The Morgan fingerprint density at radius 3 is 2.71 bits per heavy atom. The van der Waals surface area contributed by atoms with Crippen molar-refractivity contribution in [2.75, 3.05) is 0 Å². The summed E-state index contributed by atoms with van der Waals surface area (Å²) < 4.78 is 0. The fourth-order valence-electron chi connectivity index (χ4n) is 5.75. The van der Waals surface area contributed by atoms with Crippen molar-refractivity contribution < 1.29 is 0 Å². The third-order valence-corrected chi connectivity index (χ3v) is 7.43. The van der Waals surface area contributed by atoms with Gasteiger partial charge in [-0.25, -0.2) is 0 Å². The van der Waals surface area contributed by atoms with Crippen LogP contribution in [0.3, 0.4) is 0 Å². The van der Waals surface area contributed by atoms with Crippen molar-refractivity contribution in [3.63, 3.8) is 0 Å². The maximum absolute atomic E-state index is 2.54. The minimum atomic E-state index is 0.592. The molecule has 0 aliphatic heterocycles. The average molecular weight is 316 g/mol. The molecule has 2 aromatic carbocycles. The summed E-state index contributed by atoms with van der Waals surface area (Å²) in [6, 6.07) is 12.2. The molecule has 4 unspecified atom stereocenters. The normalized spacial score (nSPS) is 31.8. The third kappa shape index (κ3) is 2.11. The smallest absolute Gasteiger partial charge is 0.0168 e. The summed E-state index contributed by atoms with van der Waals surface area (Å²) >= 11 is 0. The van der Waals surface area contributed by atoms with Crippen molar-refractivity contribution in [1.82, 2.24) is 0 Å². The number of rotatable bonds is 2. The fourth-order valence-corrected chi connectivity index (χ4v) is 5.75. The van der Waals surface area contributed by atoms with Gasteiger partial charge in [0.25, 0.3) is 0 Å². The van der Waals surface area contributed by atoms with Crippen LogP contribution in [0.5, 0.6) is 0 Å². The van der Waals surface area contributed by atoms with Gasteiger partial charge in [-0.2, -0.15) is 0 Å². The fraction of sp³-hybridized carbons (Fsp3) is 0.500. The van der Waals surface area contributed by atoms with Crippen LogP contribution in [0.25, 0.3) is 10.8 Å². The molecule has 0 nitrogen and oxygen atoms in total. The Morgan fingerprint density at radius 1 is 1.08 bits per heavy atom. The molecule has 0 saturated heterocycles. The first kappa shape index (κ1) is 14.8. The maximum atomic E-state index is 2.54. The number of benzene rings is 2. The Bertz CT molecular complexity index is 827. The summed E-state index contributed by atoms with van der Waals surface area (Å²) in [5.41, 5.74) is 5.36. The van der Waals surface area contributed by atoms with Crippen molar-refractivity contribution in [3.05, 3.63) is 59.2 Å². The van der Waals surface area contributed by atoms with E-state index < -0.39 is 0 Å². The topological polar surface area (TPSA) is 0 Å². The molecule has 0 heterocycles. The van der Waals surface area contributed by atoms with Gasteiger partial charge < -0.3 is 0 Å². The molecule has 24 heavy (non-hydrogen) atoms. The van der Waals surface area contributed by atoms with Crippen LogP contribution in [0.2, 0.25) is 0 Å². The molecular formula is C24H28. The van der Waals surface area contributed by atoms with E-state index in [-0.39, 0.29) is 0 Å². The number of hydrogen-bond acceptors (Lipinski definition) is 0. The van der Waals surface area contributed by atoms with Gasteiger partial charge in [0.05, 0.1) is 0 Å². The zero-order valence-electron chi connectivity index (χ0n) is 15.0. The van der Waals surface area contributed by atoms with Crippen LogP contribution in [0.15, 0.2) is 42.5 Å². The van der Waals surface area contributed by atoms with E-state index in [9.17, 15) is 0 Å². The van der Waals surface area contributed by atoms with E-state index >= 15 is 0 Å². The number of fused-ring (bicyclic) bond motifs is 5. The number of allylic oxidation sites excluding steroid dienone is 2. The minimum Gasteiger partial charge on any atom is -0.0851 e. The number of aryl methyl sites for hydroxylation is 1. The molecule has 0 amide bonds. The Labute approximate surface area is 146 Å². The van der Waals surface area contributed by atoms with Crippen LogP contribution in [-0.2, 0) is 12.8 Å². The monoisotopic (exact) mass is 316 g/mol. The van der Waals surface area contributed by atoms with E-state index in [4.69, 9.17) is 0 Å². The summed E-state index contributed by atoms with van der Waals surface area (Å²) in [5.74, 6) is 2.40. The number of hydrogen-bond donors (Lipinski definition) is 0. The predicted molar refractivity (Wildman–Crippen MR) is 102 cm³/mol. The second-order valence-corrected chi connectivity index (χ2v) is 8.77. The van der Waals surface area contributed by atoms with E-state index in [1.807, 2.05) is 0 Å². The maximum Gasteiger partial charge on any atom is -0.0168 e. The van der Waals surface area contributed by atoms with Gasteiger partial charge >= 0.3 is 0 Å². The SMILES string of the molecule is CCC(C)c1ccc2cc3c(cc2c1)CC1(CC3)CC2C=CC1C2. The van der Waals surface area contributed by atoms with E-state index in [0.29, 0.717) is 11.3 Å². The lowest BCUT2D eigenvalue weighted by molar-refractivity contribution is 0.195. The first-order chi connectivity index (χ1) is 11.7. The summed E-state index contributed by atoms with van der Waals surface area (Å²) in [5, 5.41) is 2.90. The molecule has 3 aliphatic carbocycles. The van der Waals surface area contributed by atoms with Crippen molar-refractivity contribution in [2.45, 2.75) is 58.3 Å². The highest BCUT2D eigenvalue weighted by atomic mass is 14.5. The molecular weight excluding hydrogens is 288 g/mol. The molecule has 124 valence electrons. The zero-order chi connectivity index (χ0) is 16.3. The largest absolute Gasteiger partial charge is 0.0851 e. The highest BCUT2D eigenvalue weighted by Gasteiger charge is 2.49. The Kier molecular flexibility index (Phi) is 3.21. The molecule has 2 bridgehead atoms. The average Bonchev–Trinajstić information content (AvgIpc) is 3.20. The van der Waals surface area contributed by atoms with Crippen LogP contribution >= 0.6 is 0 Å². The Balaban J connectivity index is 1.55. The molecule has 1 saturated carbocycles.